The van der Waals surface area contributed by atoms with Gasteiger partial charge in [-0.2, -0.15) is 0 Å². The van der Waals surface area contributed by atoms with Crippen LogP contribution in [0.2, 0.25) is 0 Å². The summed E-state index contributed by atoms with van der Waals surface area (Å²) in [4.78, 5) is 2.65. The van der Waals surface area contributed by atoms with E-state index < -0.39 is 0 Å². The second-order valence-electron chi connectivity index (χ2n) is 5.49. The molecule has 1 fully saturated rings. The highest BCUT2D eigenvalue weighted by Crippen LogP contribution is 2.22. The van der Waals surface area contributed by atoms with Gasteiger partial charge in [0, 0.05) is 18.6 Å². The van der Waals surface area contributed by atoms with Crippen LogP contribution in [0.4, 0.5) is 0 Å². The van der Waals surface area contributed by atoms with Gasteiger partial charge >= 0.3 is 0 Å². The minimum atomic E-state index is 0.606. The molecule has 0 radical (unpaired) electrons. The molecule has 0 aliphatic carbocycles. The molecule has 3 heteroatoms. The Morgan fingerprint density at radius 1 is 1.37 bits per heavy atom. The molecule has 1 aromatic rings. The average Bonchev–Trinajstić information content (AvgIpc) is 2.88. The van der Waals surface area contributed by atoms with Gasteiger partial charge in [0.15, 0.2) is 0 Å². The SMILES string of the molecule is CNCC1CCCN1C(C)Cc1ccc(OC)cc1. The summed E-state index contributed by atoms with van der Waals surface area (Å²) >= 11 is 0. The Hall–Kier alpha value is -1.06. The van der Waals surface area contributed by atoms with Crippen LogP contribution >= 0.6 is 0 Å². The number of nitrogens with zero attached hydrogens (tertiary/aromatic N) is 1. The summed E-state index contributed by atoms with van der Waals surface area (Å²) < 4.78 is 5.20. The Morgan fingerprint density at radius 3 is 2.74 bits per heavy atom. The first kappa shape index (κ1) is 14.4. The molecule has 0 amide bonds. The molecule has 2 rings (SSSR count). The summed E-state index contributed by atoms with van der Waals surface area (Å²) in [5.41, 5.74) is 1.39. The van der Waals surface area contributed by atoms with Crippen molar-refractivity contribution < 1.29 is 4.74 Å². The molecule has 0 aromatic heterocycles. The highest BCUT2D eigenvalue weighted by molar-refractivity contribution is 5.27. The summed E-state index contributed by atoms with van der Waals surface area (Å²) in [6, 6.07) is 9.78. The first-order chi connectivity index (χ1) is 9.24. The normalized spacial score (nSPS) is 21.5. The van der Waals surface area contributed by atoms with Crippen molar-refractivity contribution in [2.24, 2.45) is 0 Å². The van der Waals surface area contributed by atoms with E-state index in [4.69, 9.17) is 4.74 Å². The van der Waals surface area contributed by atoms with Crippen LogP contribution in [0.15, 0.2) is 24.3 Å². The summed E-state index contributed by atoms with van der Waals surface area (Å²) in [6.07, 6.45) is 3.78. The van der Waals surface area contributed by atoms with E-state index in [9.17, 15) is 0 Å². The van der Waals surface area contributed by atoms with Crippen molar-refractivity contribution in [1.29, 1.82) is 0 Å². The van der Waals surface area contributed by atoms with Crippen molar-refractivity contribution in [3.8, 4) is 5.75 Å². The van der Waals surface area contributed by atoms with E-state index in [1.54, 1.807) is 7.11 Å². The second-order valence-corrected chi connectivity index (χ2v) is 5.49. The van der Waals surface area contributed by atoms with Crippen molar-refractivity contribution in [3.63, 3.8) is 0 Å². The topological polar surface area (TPSA) is 24.5 Å². The van der Waals surface area contributed by atoms with Crippen molar-refractivity contribution in [1.82, 2.24) is 10.2 Å². The third-order valence-corrected chi connectivity index (χ3v) is 4.12. The maximum Gasteiger partial charge on any atom is 0.118 e. The van der Waals surface area contributed by atoms with Crippen LogP contribution in [0.1, 0.15) is 25.3 Å². The van der Waals surface area contributed by atoms with Crippen molar-refractivity contribution in [3.05, 3.63) is 29.8 Å². The molecular formula is C16H26N2O. The zero-order valence-corrected chi connectivity index (χ0v) is 12.4. The fourth-order valence-corrected chi connectivity index (χ4v) is 3.11. The molecule has 0 spiro atoms. The van der Waals surface area contributed by atoms with Gasteiger partial charge in [0.05, 0.1) is 7.11 Å². The van der Waals surface area contributed by atoms with Crippen LogP contribution in [0.25, 0.3) is 0 Å². The molecule has 1 aliphatic rings. The highest BCUT2D eigenvalue weighted by atomic mass is 16.5. The van der Waals surface area contributed by atoms with Crippen LogP contribution < -0.4 is 10.1 Å². The molecule has 0 saturated carbocycles. The summed E-state index contributed by atoms with van der Waals surface area (Å²) in [7, 11) is 3.76. The largest absolute Gasteiger partial charge is 0.497 e. The molecule has 106 valence electrons. The van der Waals surface area contributed by atoms with E-state index in [1.807, 2.05) is 7.05 Å². The van der Waals surface area contributed by atoms with E-state index in [0.717, 1.165) is 18.7 Å². The van der Waals surface area contributed by atoms with E-state index >= 15 is 0 Å². The quantitative estimate of drug-likeness (QED) is 0.851. The van der Waals surface area contributed by atoms with Gasteiger partial charge < -0.3 is 10.1 Å². The fraction of sp³-hybridized carbons (Fsp3) is 0.625. The maximum atomic E-state index is 5.20. The molecule has 2 unspecified atom stereocenters. The first-order valence-electron chi connectivity index (χ1n) is 7.28. The Morgan fingerprint density at radius 2 is 2.11 bits per heavy atom. The molecule has 3 nitrogen and oxygen atoms in total. The molecule has 2 atom stereocenters. The number of hydrogen-bond donors (Lipinski definition) is 1. The van der Waals surface area contributed by atoms with Crippen LogP contribution in [-0.2, 0) is 6.42 Å². The minimum Gasteiger partial charge on any atom is -0.497 e. The maximum absolute atomic E-state index is 5.20. The van der Waals surface area contributed by atoms with Gasteiger partial charge in [0.2, 0.25) is 0 Å². The van der Waals surface area contributed by atoms with E-state index in [0.29, 0.717) is 12.1 Å². The molecule has 0 bridgehead atoms. The third kappa shape index (κ3) is 3.71. The highest BCUT2D eigenvalue weighted by Gasteiger charge is 2.27. The number of nitrogens with one attached hydrogen (secondary N) is 1. The number of ether oxygens (including phenoxy) is 1. The second kappa shape index (κ2) is 6.92. The lowest BCUT2D eigenvalue weighted by atomic mass is 10.0. The van der Waals surface area contributed by atoms with E-state index in [-0.39, 0.29) is 0 Å². The Labute approximate surface area is 116 Å². The van der Waals surface area contributed by atoms with Crippen molar-refractivity contribution in [2.45, 2.75) is 38.3 Å². The summed E-state index contributed by atoms with van der Waals surface area (Å²) in [5.74, 6) is 0.936. The smallest absolute Gasteiger partial charge is 0.118 e. The van der Waals surface area contributed by atoms with Crippen LogP contribution in [0, 0.1) is 0 Å². The molecule has 1 aromatic carbocycles. The molecule has 1 aliphatic heterocycles. The third-order valence-electron chi connectivity index (χ3n) is 4.12. The molecule has 1 saturated heterocycles. The van der Waals surface area contributed by atoms with Gasteiger partial charge in [0.1, 0.15) is 5.75 Å². The summed E-state index contributed by atoms with van der Waals surface area (Å²) in [5, 5.41) is 3.32. The lowest BCUT2D eigenvalue weighted by Gasteiger charge is -2.30. The number of likely N-dealkylation sites (tertiary alicyclic amines) is 1. The van der Waals surface area contributed by atoms with Crippen molar-refractivity contribution >= 4 is 0 Å². The standard InChI is InChI=1S/C16H26N2O/c1-13(18-10-4-5-15(18)12-17-2)11-14-6-8-16(19-3)9-7-14/h6-9,13,15,17H,4-5,10-12H2,1-3H3. The van der Waals surface area contributed by atoms with Gasteiger partial charge in [-0.05, 0) is 57.5 Å². The molecule has 1 N–H and O–H groups in total. The Balaban J connectivity index is 1.93. The molecule has 1 heterocycles. The lowest BCUT2D eigenvalue weighted by Crippen LogP contribution is -2.43. The van der Waals surface area contributed by atoms with Gasteiger partial charge in [-0.25, -0.2) is 0 Å². The average molecular weight is 262 g/mol. The predicted octanol–water partition coefficient (Wildman–Crippen LogP) is 2.31. The zero-order chi connectivity index (χ0) is 13.7. The number of hydrogen-bond acceptors (Lipinski definition) is 3. The fourth-order valence-electron chi connectivity index (χ4n) is 3.11. The first-order valence-corrected chi connectivity index (χ1v) is 7.28. The van der Waals surface area contributed by atoms with Crippen LogP contribution in [-0.4, -0.2) is 44.2 Å². The monoisotopic (exact) mass is 262 g/mol. The van der Waals surface area contributed by atoms with Gasteiger partial charge in [-0.1, -0.05) is 12.1 Å². The van der Waals surface area contributed by atoms with E-state index in [1.165, 1.54) is 24.9 Å². The predicted molar refractivity (Wildman–Crippen MR) is 79.8 cm³/mol. The Bertz CT molecular complexity index is 377. The minimum absolute atomic E-state index is 0.606. The number of benzene rings is 1. The lowest BCUT2D eigenvalue weighted by molar-refractivity contribution is 0.188. The number of rotatable bonds is 6. The zero-order valence-electron chi connectivity index (χ0n) is 12.4. The van der Waals surface area contributed by atoms with Crippen LogP contribution in [0.5, 0.6) is 5.75 Å². The molecule has 19 heavy (non-hydrogen) atoms. The van der Waals surface area contributed by atoms with Crippen molar-refractivity contribution in [2.75, 3.05) is 27.2 Å². The van der Waals surface area contributed by atoms with Gasteiger partial charge in [-0.3, -0.25) is 4.90 Å². The van der Waals surface area contributed by atoms with Gasteiger partial charge in [-0.15, -0.1) is 0 Å². The summed E-state index contributed by atoms with van der Waals surface area (Å²) in [6.45, 7) is 4.69. The van der Waals surface area contributed by atoms with E-state index in [2.05, 4.69) is 41.4 Å². The number of methoxy groups -OCH3 is 1. The number of likely N-dealkylation sites (N-methyl/N-ethyl adjacent to an activating group) is 1. The molecular weight excluding hydrogens is 236 g/mol. The van der Waals surface area contributed by atoms with Crippen LogP contribution in [0.3, 0.4) is 0 Å². The Kier molecular flexibility index (Phi) is 5.23. The van der Waals surface area contributed by atoms with Gasteiger partial charge in [0.25, 0.3) is 0 Å².